The molecule has 1 aliphatic rings. The van der Waals surface area contributed by atoms with Crippen LogP contribution in [0.3, 0.4) is 0 Å². The van der Waals surface area contributed by atoms with Crippen molar-refractivity contribution in [2.45, 2.75) is 123 Å². The van der Waals surface area contributed by atoms with Crippen LogP contribution in [0.25, 0.3) is 0 Å². The summed E-state index contributed by atoms with van der Waals surface area (Å²) >= 11 is 0. The molecule has 15 heteroatoms. The van der Waals surface area contributed by atoms with Crippen LogP contribution in [0, 0.1) is 29.5 Å². The molecular formula is C41H69FN6O8. The highest BCUT2D eigenvalue weighted by Gasteiger charge is 2.46. The number of halogens is 1. The number of rotatable bonds is 21. The average Bonchev–Trinajstić information content (AvgIpc) is 3.58. The van der Waals surface area contributed by atoms with Gasteiger partial charge in [0.2, 0.25) is 23.6 Å². The molecule has 1 heterocycles. The number of oxime groups is 1. The van der Waals surface area contributed by atoms with E-state index < -0.39 is 60.1 Å². The van der Waals surface area contributed by atoms with E-state index in [2.05, 4.69) is 15.8 Å². The molecule has 4 amide bonds. The summed E-state index contributed by atoms with van der Waals surface area (Å²) in [5.74, 6) is -2.60. The number of likely N-dealkylation sites (tertiary alicyclic amines) is 1. The Morgan fingerprint density at radius 2 is 1.54 bits per heavy atom. The quantitative estimate of drug-likeness (QED) is 0.0956. The largest absolute Gasteiger partial charge is 0.411 e. The van der Waals surface area contributed by atoms with Crippen molar-refractivity contribution in [3.63, 3.8) is 0 Å². The molecule has 1 aromatic carbocycles. The molecule has 0 spiro atoms. The second kappa shape index (κ2) is 22.3. The first kappa shape index (κ1) is 48.5. The third-order valence-electron chi connectivity index (χ3n) is 11.3. The van der Waals surface area contributed by atoms with E-state index in [0.717, 1.165) is 0 Å². The molecule has 2 rings (SSSR count). The first-order chi connectivity index (χ1) is 26.3. The third kappa shape index (κ3) is 12.2. The normalized spacial score (nSPS) is 20.6. The van der Waals surface area contributed by atoms with Crippen molar-refractivity contribution in [2.75, 3.05) is 49.0 Å². The molecule has 0 saturated carbocycles. The van der Waals surface area contributed by atoms with E-state index in [1.807, 2.05) is 60.5 Å². The predicted octanol–water partition coefficient (Wildman–Crippen LogP) is 3.78. The van der Waals surface area contributed by atoms with Crippen LogP contribution in [0.15, 0.2) is 29.4 Å². The van der Waals surface area contributed by atoms with Gasteiger partial charge in [0, 0.05) is 40.5 Å². The number of hydrogen-bond donors (Lipinski definition) is 3. The number of hydrogen-bond acceptors (Lipinski definition) is 10. The van der Waals surface area contributed by atoms with Gasteiger partial charge < -0.3 is 39.9 Å². The Kier molecular flexibility index (Phi) is 19.3. The summed E-state index contributed by atoms with van der Waals surface area (Å²) in [7, 11) is 9.97. The van der Waals surface area contributed by atoms with Gasteiger partial charge in [-0.2, -0.15) is 0 Å². The number of ether oxygens (including phenoxy) is 3. The van der Waals surface area contributed by atoms with E-state index in [4.69, 9.17) is 14.2 Å². The Hall–Kier alpha value is -3.66. The first-order valence-corrected chi connectivity index (χ1v) is 19.7. The van der Waals surface area contributed by atoms with Crippen molar-refractivity contribution in [3.05, 3.63) is 35.6 Å². The minimum absolute atomic E-state index is 0.0227. The van der Waals surface area contributed by atoms with Gasteiger partial charge in [0.1, 0.15) is 17.6 Å². The zero-order chi connectivity index (χ0) is 42.6. The molecule has 14 nitrogen and oxygen atoms in total. The van der Waals surface area contributed by atoms with Crippen molar-refractivity contribution in [3.8, 4) is 0 Å². The fourth-order valence-corrected chi connectivity index (χ4v) is 7.99. The van der Waals surface area contributed by atoms with Crippen molar-refractivity contribution < 1.29 is 43.0 Å². The highest BCUT2D eigenvalue weighted by atomic mass is 19.1. The van der Waals surface area contributed by atoms with Gasteiger partial charge in [-0.05, 0) is 57.3 Å². The molecule has 0 radical (unpaired) electrons. The maximum absolute atomic E-state index is 14.4. The number of carbonyl (C=O) groups is 4. The van der Waals surface area contributed by atoms with Crippen molar-refractivity contribution in [1.82, 2.24) is 25.3 Å². The maximum Gasteiger partial charge on any atom is 0.245 e. The van der Waals surface area contributed by atoms with E-state index in [0.29, 0.717) is 18.4 Å². The van der Waals surface area contributed by atoms with Gasteiger partial charge in [0.05, 0.1) is 54.8 Å². The number of nitrogens with zero attached hydrogens (tertiary/aromatic N) is 4. The maximum atomic E-state index is 14.4. The van der Waals surface area contributed by atoms with Gasteiger partial charge in [-0.3, -0.25) is 24.1 Å². The van der Waals surface area contributed by atoms with Gasteiger partial charge in [-0.1, -0.05) is 72.2 Å². The van der Waals surface area contributed by atoms with Crippen LogP contribution in [-0.4, -0.2) is 147 Å². The van der Waals surface area contributed by atoms with E-state index in [-0.39, 0.29) is 60.3 Å². The third-order valence-corrected chi connectivity index (χ3v) is 11.3. The van der Waals surface area contributed by atoms with Crippen LogP contribution < -0.4 is 10.6 Å². The minimum atomic E-state index is -0.799. The highest BCUT2D eigenvalue weighted by molar-refractivity contribution is 6.05. The topological polar surface area (TPSA) is 162 Å². The van der Waals surface area contributed by atoms with Crippen LogP contribution in [0.5, 0.6) is 0 Å². The van der Waals surface area contributed by atoms with Gasteiger partial charge >= 0.3 is 0 Å². The van der Waals surface area contributed by atoms with Crippen LogP contribution in [0.1, 0.15) is 80.2 Å². The van der Waals surface area contributed by atoms with Gasteiger partial charge in [0.15, 0.2) is 0 Å². The van der Waals surface area contributed by atoms with Crippen molar-refractivity contribution >= 4 is 29.3 Å². The Morgan fingerprint density at radius 1 is 0.929 bits per heavy atom. The summed E-state index contributed by atoms with van der Waals surface area (Å²) < 4.78 is 31.2. The molecular weight excluding hydrogens is 723 g/mol. The van der Waals surface area contributed by atoms with Crippen LogP contribution in [0.2, 0.25) is 0 Å². The van der Waals surface area contributed by atoms with Crippen molar-refractivity contribution in [1.29, 1.82) is 0 Å². The highest BCUT2D eigenvalue weighted by Crippen LogP contribution is 2.31. The van der Waals surface area contributed by atoms with E-state index in [1.54, 1.807) is 37.8 Å². The lowest BCUT2D eigenvalue weighted by molar-refractivity contribution is -0.148. The second-order valence-corrected chi connectivity index (χ2v) is 16.1. The molecule has 0 aliphatic carbocycles. The SMILES string of the molecule is CC[C@H](C)[C@@H]([C@H](CC(=O)N1C[C@H](OC)C[C@@H]1[C@H](OC)[C@@H](C)C(=O)N[C@H](C)C(=NO)c1ccc(F)cc1)OC)N(C)C(=O)[C@@H](NC(=O)[C@H](C(C)C)N(C)C)C(C)C. The number of benzene rings is 1. The minimum Gasteiger partial charge on any atom is -0.411 e. The molecule has 1 fully saturated rings. The average molecular weight is 793 g/mol. The van der Waals surface area contributed by atoms with Crippen LogP contribution >= 0.6 is 0 Å². The summed E-state index contributed by atoms with van der Waals surface area (Å²) in [5.41, 5.74) is 0.592. The predicted molar refractivity (Wildman–Crippen MR) is 214 cm³/mol. The number of amides is 4. The molecule has 1 aliphatic heterocycles. The Morgan fingerprint density at radius 3 is 2.00 bits per heavy atom. The van der Waals surface area contributed by atoms with E-state index in [9.17, 15) is 28.8 Å². The summed E-state index contributed by atoms with van der Waals surface area (Å²) in [6.07, 6.45) is -0.707. The molecule has 1 aromatic rings. The Bertz CT molecular complexity index is 1450. The molecule has 1 saturated heterocycles. The summed E-state index contributed by atoms with van der Waals surface area (Å²) in [4.78, 5) is 60.9. The zero-order valence-electron chi connectivity index (χ0n) is 36.0. The summed E-state index contributed by atoms with van der Waals surface area (Å²) in [6, 6.07) is 2.39. The number of methoxy groups -OCH3 is 3. The fraction of sp³-hybridized carbons (Fsp3) is 0.732. The van der Waals surface area contributed by atoms with Gasteiger partial charge in [0.25, 0.3) is 0 Å². The first-order valence-electron chi connectivity index (χ1n) is 19.7. The molecule has 56 heavy (non-hydrogen) atoms. The molecule has 318 valence electrons. The van der Waals surface area contributed by atoms with Crippen LogP contribution in [0.4, 0.5) is 4.39 Å². The van der Waals surface area contributed by atoms with E-state index >= 15 is 0 Å². The summed E-state index contributed by atoms with van der Waals surface area (Å²) in [6.45, 7) is 15.4. The zero-order valence-corrected chi connectivity index (χ0v) is 36.0. The summed E-state index contributed by atoms with van der Waals surface area (Å²) in [5, 5.41) is 19.0. The lowest BCUT2D eigenvalue weighted by Crippen LogP contribution is -2.59. The Labute approximate surface area is 333 Å². The monoisotopic (exact) mass is 793 g/mol. The number of carbonyl (C=O) groups excluding carboxylic acids is 4. The molecule has 10 atom stereocenters. The van der Waals surface area contributed by atoms with Gasteiger partial charge in [-0.15, -0.1) is 0 Å². The number of nitrogens with one attached hydrogen (secondary N) is 2. The Balaban J connectivity index is 2.35. The smallest absolute Gasteiger partial charge is 0.245 e. The molecule has 3 N–H and O–H groups in total. The van der Waals surface area contributed by atoms with E-state index in [1.165, 1.54) is 38.5 Å². The van der Waals surface area contributed by atoms with Crippen molar-refractivity contribution in [2.24, 2.45) is 28.8 Å². The standard InChI is InChI=1S/C41H69FN6O8/c1-15-25(6)37(47(11)41(52)34(23(2)3)44-40(51)36(24(4)5)46(9)10)32(55-13)21-33(49)48-22-30(54-12)20-31(48)38(56-14)26(7)39(50)43-27(8)35(45-53)28-16-18-29(42)19-17-28/h16-19,23-27,30-32,34,36-38,53H,15,20-22H2,1-14H3,(H,43,50)(H,44,51)/t25-,26+,27+,30+,31+,32-,34-,36-,37-,38+/m0/s1. The second-order valence-electron chi connectivity index (χ2n) is 16.1. The number of likely N-dealkylation sites (N-methyl/N-ethyl adjacent to an activating group) is 2. The molecule has 0 aromatic heterocycles. The molecule has 0 unspecified atom stereocenters. The molecule has 0 bridgehead atoms. The van der Waals surface area contributed by atoms with Gasteiger partial charge in [-0.25, -0.2) is 4.39 Å². The fourth-order valence-electron chi connectivity index (χ4n) is 7.99. The lowest BCUT2D eigenvalue weighted by atomic mass is 9.89. The lowest BCUT2D eigenvalue weighted by Gasteiger charge is -2.41. The van der Waals surface area contributed by atoms with Crippen LogP contribution in [-0.2, 0) is 33.4 Å².